The Morgan fingerprint density at radius 3 is 1.52 bits per heavy atom. The molecule has 0 aromatic heterocycles. The van der Waals surface area contributed by atoms with Crippen LogP contribution in [-0.2, 0) is 8.98 Å². The largest absolute Gasteiger partial charge is 0.494 e. The number of hydrogen-bond donors (Lipinski definition) is 0. The monoisotopic (exact) mass is 558 g/mol. The third kappa shape index (κ3) is 5.13. The number of carbonyl (C=O) groups is 1. The minimum absolute atomic E-state index is 0.00284. The Morgan fingerprint density at radius 1 is 0.675 bits per heavy atom. The fraction of sp³-hybridized carbons (Fsp3) is 0.457. The van der Waals surface area contributed by atoms with Crippen LogP contribution in [-0.4, -0.2) is 19.2 Å². The van der Waals surface area contributed by atoms with E-state index >= 15 is 0 Å². The van der Waals surface area contributed by atoms with E-state index in [0.717, 1.165) is 58.3 Å². The van der Waals surface area contributed by atoms with E-state index in [9.17, 15) is 4.79 Å². The van der Waals surface area contributed by atoms with Crippen molar-refractivity contribution in [2.75, 3.05) is 13.2 Å². The number of hydrogen-bond acceptors (Lipinski definition) is 4. The highest BCUT2D eigenvalue weighted by molar-refractivity contribution is 8.30. The number of ether oxygens (including phenoxy) is 2. The van der Waals surface area contributed by atoms with Crippen LogP contribution in [0, 0.1) is 23.2 Å². The zero-order chi connectivity index (χ0) is 27.6. The summed E-state index contributed by atoms with van der Waals surface area (Å²) in [6.07, 6.45) is 8.73. The van der Waals surface area contributed by atoms with E-state index in [2.05, 4.69) is 50.2 Å². The van der Waals surface area contributed by atoms with Crippen molar-refractivity contribution < 1.29 is 18.5 Å². The molecule has 4 fully saturated rings. The van der Waals surface area contributed by atoms with Gasteiger partial charge in [-0.1, -0.05) is 32.0 Å². The SMILES string of the molecule is CCCOc1ccc(S(OC(=O)C23CC4CC(CC(C4)C2)C3)(c2ccccc2)c2ccc(OCCC)cc2)cc1. The first-order chi connectivity index (χ1) is 19.5. The van der Waals surface area contributed by atoms with Crippen LogP contribution in [0.3, 0.4) is 0 Å². The highest BCUT2D eigenvalue weighted by Crippen LogP contribution is 2.71. The predicted octanol–water partition coefficient (Wildman–Crippen LogP) is 9.22. The quantitative estimate of drug-likeness (QED) is 0.235. The number of rotatable bonds is 11. The van der Waals surface area contributed by atoms with Crippen molar-refractivity contribution in [1.29, 1.82) is 0 Å². The van der Waals surface area contributed by atoms with Crippen LogP contribution in [0.5, 0.6) is 11.5 Å². The Bertz CT molecular complexity index is 1200. The van der Waals surface area contributed by atoms with Gasteiger partial charge in [0.25, 0.3) is 0 Å². The maximum absolute atomic E-state index is 14.6. The summed E-state index contributed by atoms with van der Waals surface area (Å²) >= 11 is 0. The maximum Gasteiger partial charge on any atom is 0.323 e. The number of carbonyl (C=O) groups excluding carboxylic acids is 1. The molecule has 0 atom stereocenters. The molecule has 3 aromatic carbocycles. The minimum atomic E-state index is -2.36. The summed E-state index contributed by atoms with van der Waals surface area (Å²) in [6, 6.07) is 26.8. The van der Waals surface area contributed by atoms with E-state index in [0.29, 0.717) is 31.0 Å². The molecule has 0 heterocycles. The smallest absolute Gasteiger partial charge is 0.323 e. The van der Waals surface area contributed by atoms with Gasteiger partial charge in [-0.25, -0.2) is 0 Å². The van der Waals surface area contributed by atoms with Gasteiger partial charge in [-0.2, -0.15) is 0 Å². The topological polar surface area (TPSA) is 44.8 Å². The molecule has 4 saturated carbocycles. The summed E-state index contributed by atoms with van der Waals surface area (Å²) in [5, 5.41) is 0. The summed E-state index contributed by atoms with van der Waals surface area (Å²) < 4.78 is 18.9. The molecule has 0 unspecified atom stereocenters. The molecule has 5 heteroatoms. The fourth-order valence-electron chi connectivity index (χ4n) is 7.62. The lowest BCUT2D eigenvalue weighted by molar-refractivity contribution is -0.160. The third-order valence-electron chi connectivity index (χ3n) is 9.00. The summed E-state index contributed by atoms with van der Waals surface area (Å²) in [4.78, 5) is 17.6. The van der Waals surface area contributed by atoms with Gasteiger partial charge in [-0.3, -0.25) is 4.79 Å². The van der Waals surface area contributed by atoms with Gasteiger partial charge in [0.2, 0.25) is 0 Å². The third-order valence-corrected chi connectivity index (χ3v) is 12.2. The van der Waals surface area contributed by atoms with Crippen LogP contribution in [0.4, 0.5) is 0 Å². The molecule has 4 aliphatic rings. The average Bonchev–Trinajstić information content (AvgIpc) is 2.98. The molecule has 7 rings (SSSR count). The van der Waals surface area contributed by atoms with Gasteiger partial charge in [-0.05, 0) is 140 Å². The van der Waals surface area contributed by atoms with Crippen molar-refractivity contribution in [3.8, 4) is 11.5 Å². The van der Waals surface area contributed by atoms with Crippen LogP contribution in [0.2, 0.25) is 0 Å². The second-order valence-electron chi connectivity index (χ2n) is 12.1. The summed E-state index contributed by atoms with van der Waals surface area (Å²) in [5.74, 6) is 3.69. The Hall–Kier alpha value is -2.92. The van der Waals surface area contributed by atoms with Crippen molar-refractivity contribution in [2.45, 2.75) is 79.9 Å². The lowest BCUT2D eigenvalue weighted by Crippen LogP contribution is -2.50. The molecule has 0 spiro atoms. The maximum atomic E-state index is 14.6. The first-order valence-electron chi connectivity index (χ1n) is 15.1. The van der Waals surface area contributed by atoms with Gasteiger partial charge in [0, 0.05) is 14.7 Å². The van der Waals surface area contributed by atoms with Crippen molar-refractivity contribution in [3.63, 3.8) is 0 Å². The van der Waals surface area contributed by atoms with E-state index in [-0.39, 0.29) is 11.4 Å². The zero-order valence-corrected chi connectivity index (χ0v) is 24.7. The molecule has 4 aliphatic carbocycles. The van der Waals surface area contributed by atoms with Crippen molar-refractivity contribution in [3.05, 3.63) is 78.9 Å². The second-order valence-corrected chi connectivity index (χ2v) is 14.8. The van der Waals surface area contributed by atoms with Gasteiger partial charge >= 0.3 is 5.97 Å². The van der Waals surface area contributed by atoms with Gasteiger partial charge in [-0.15, -0.1) is 0 Å². The van der Waals surface area contributed by atoms with Gasteiger partial charge in [0.1, 0.15) is 11.5 Å². The van der Waals surface area contributed by atoms with Crippen LogP contribution in [0.1, 0.15) is 65.2 Å². The first kappa shape index (κ1) is 27.3. The van der Waals surface area contributed by atoms with Crippen LogP contribution in [0.25, 0.3) is 0 Å². The molecule has 4 nitrogen and oxygen atoms in total. The molecule has 0 N–H and O–H groups in total. The normalized spacial score (nSPS) is 25.4. The van der Waals surface area contributed by atoms with Crippen molar-refractivity contribution in [1.82, 2.24) is 0 Å². The van der Waals surface area contributed by atoms with E-state index in [1.54, 1.807) is 0 Å². The Balaban J connectivity index is 1.45. The van der Waals surface area contributed by atoms with Crippen molar-refractivity contribution >= 4 is 16.3 Å². The van der Waals surface area contributed by atoms with E-state index in [4.69, 9.17) is 13.7 Å². The summed E-state index contributed by atoms with van der Waals surface area (Å²) in [7, 11) is -2.36. The van der Waals surface area contributed by atoms with Gasteiger partial charge in [0.05, 0.1) is 18.6 Å². The summed E-state index contributed by atoms with van der Waals surface area (Å²) in [5.41, 5.74) is -0.351. The molecule has 0 saturated heterocycles. The van der Waals surface area contributed by atoms with E-state index < -0.39 is 10.3 Å². The van der Waals surface area contributed by atoms with Crippen LogP contribution >= 0.6 is 10.3 Å². The predicted molar refractivity (Wildman–Crippen MR) is 160 cm³/mol. The molecular weight excluding hydrogens is 516 g/mol. The lowest BCUT2D eigenvalue weighted by atomic mass is 9.49. The van der Waals surface area contributed by atoms with Crippen LogP contribution in [0.15, 0.2) is 93.5 Å². The molecule has 0 radical (unpaired) electrons. The zero-order valence-electron chi connectivity index (χ0n) is 23.8. The Morgan fingerprint density at radius 2 is 1.10 bits per heavy atom. The van der Waals surface area contributed by atoms with Crippen molar-refractivity contribution in [2.24, 2.45) is 23.2 Å². The molecule has 40 heavy (non-hydrogen) atoms. The molecule has 0 amide bonds. The lowest BCUT2D eigenvalue weighted by Gasteiger charge is -2.56. The Kier molecular flexibility index (Phi) is 7.85. The number of benzene rings is 3. The van der Waals surface area contributed by atoms with Gasteiger partial charge < -0.3 is 13.7 Å². The molecule has 3 aromatic rings. The standard InChI is InChI=1S/C35H42O4S/c1-3-18-37-29-10-14-32(15-11-29)40(31-8-6-5-7-9-31,33-16-12-30(13-17-33)38-19-4-2)39-34(36)35-23-26-20-27(24-35)22-28(21-26)25-35/h5-17,26-28H,3-4,18-25H2,1-2H3. The molecule has 0 aliphatic heterocycles. The minimum Gasteiger partial charge on any atom is -0.494 e. The Labute approximate surface area is 241 Å². The molecule has 212 valence electrons. The second kappa shape index (κ2) is 11.5. The fourth-order valence-corrected chi connectivity index (χ4v) is 10.7. The molecular formula is C35H42O4S. The first-order valence-corrected chi connectivity index (χ1v) is 16.7. The summed E-state index contributed by atoms with van der Waals surface area (Å²) in [6.45, 7) is 5.57. The highest BCUT2D eigenvalue weighted by Gasteiger charge is 2.57. The van der Waals surface area contributed by atoms with E-state index in [1.165, 1.54) is 19.3 Å². The highest BCUT2D eigenvalue weighted by atomic mass is 32.3. The molecule has 4 bridgehead atoms. The van der Waals surface area contributed by atoms with Crippen LogP contribution < -0.4 is 9.47 Å². The van der Waals surface area contributed by atoms with E-state index in [1.807, 2.05) is 42.5 Å². The van der Waals surface area contributed by atoms with Gasteiger partial charge in [0.15, 0.2) is 0 Å². The average molecular weight is 559 g/mol.